The van der Waals surface area contributed by atoms with Crippen molar-refractivity contribution in [2.75, 3.05) is 19.8 Å². The summed E-state index contributed by atoms with van der Waals surface area (Å²) in [5.41, 5.74) is 0. The molecule has 10 nitrogen and oxygen atoms in total. The molecule has 2 unspecified atom stereocenters. The normalized spacial score (nSPS) is 21.2. The third kappa shape index (κ3) is 27.6. The predicted octanol–water partition coefficient (Wildman–Crippen LogP) is 8.66. The summed E-state index contributed by atoms with van der Waals surface area (Å²) in [5, 5.41) is 40.0. The molecule has 0 radical (unpaired) electrons. The van der Waals surface area contributed by atoms with Crippen LogP contribution in [0.4, 0.5) is 0 Å². The quantitative estimate of drug-likeness (QED) is 0.0284. The van der Waals surface area contributed by atoms with Gasteiger partial charge in [-0.3, -0.25) is 9.59 Å². The van der Waals surface area contributed by atoms with Gasteiger partial charge in [-0.25, -0.2) is 0 Å². The molecule has 55 heavy (non-hydrogen) atoms. The van der Waals surface area contributed by atoms with Gasteiger partial charge in [0.2, 0.25) is 0 Å². The minimum atomic E-state index is -1.60. The summed E-state index contributed by atoms with van der Waals surface area (Å²) in [6, 6.07) is 0. The van der Waals surface area contributed by atoms with Crippen LogP contribution in [0.2, 0.25) is 0 Å². The number of hydrogen-bond donors (Lipinski definition) is 4. The molecule has 1 aliphatic heterocycles. The molecule has 0 saturated carbocycles. The second-order valence-corrected chi connectivity index (χ2v) is 14.4. The predicted molar refractivity (Wildman–Crippen MR) is 219 cm³/mol. The second-order valence-electron chi connectivity index (χ2n) is 14.4. The van der Waals surface area contributed by atoms with Gasteiger partial charge in [-0.2, -0.15) is 0 Å². The molecule has 1 fully saturated rings. The number of aliphatic hydroxyl groups is 4. The van der Waals surface area contributed by atoms with Crippen LogP contribution in [0.15, 0.2) is 60.8 Å². The van der Waals surface area contributed by atoms with Gasteiger partial charge in [0.05, 0.1) is 13.2 Å². The fourth-order valence-electron chi connectivity index (χ4n) is 6.00. The Kier molecular flexibility index (Phi) is 32.8. The van der Waals surface area contributed by atoms with Crippen molar-refractivity contribution in [1.29, 1.82) is 0 Å². The standard InChI is InChI=1S/C45H76O10/c1-3-5-7-9-11-13-15-17-19-21-23-25-27-29-31-33-40(47)52-36-38(37-53-45-44(51)43(50)42(49)39(35-46)55-45)54-41(48)34-32-30-28-26-24-22-20-18-16-14-12-10-8-6-4-2/h6,8,11-14,17-20,38-39,42-46,49-51H,3-5,7,9-10,15-16,21-37H2,1-2H3/b8-6+,13-11+,14-12+,19-17+,20-18+/t38-,39-,42+,43?,44?,45-/m0/s1. The van der Waals surface area contributed by atoms with E-state index in [0.717, 1.165) is 89.9 Å². The summed E-state index contributed by atoms with van der Waals surface area (Å²) in [5.74, 6) is -0.848. The van der Waals surface area contributed by atoms with Crippen molar-refractivity contribution in [3.63, 3.8) is 0 Å². The number of allylic oxidation sites excluding steroid dienone is 10. The van der Waals surface area contributed by atoms with Gasteiger partial charge < -0.3 is 39.4 Å². The molecular formula is C45H76O10. The number of esters is 2. The van der Waals surface area contributed by atoms with Gasteiger partial charge >= 0.3 is 11.9 Å². The number of aliphatic hydroxyl groups excluding tert-OH is 4. The molecule has 316 valence electrons. The molecule has 0 aliphatic carbocycles. The van der Waals surface area contributed by atoms with Crippen LogP contribution in [0.3, 0.4) is 0 Å². The van der Waals surface area contributed by atoms with Gasteiger partial charge in [0, 0.05) is 12.8 Å². The molecule has 0 aromatic heterocycles. The molecule has 6 atom stereocenters. The monoisotopic (exact) mass is 777 g/mol. The third-order valence-electron chi connectivity index (χ3n) is 9.39. The van der Waals surface area contributed by atoms with E-state index in [1.54, 1.807) is 0 Å². The van der Waals surface area contributed by atoms with Crippen molar-refractivity contribution in [3.05, 3.63) is 60.8 Å². The maximum atomic E-state index is 12.7. The number of rotatable bonds is 34. The van der Waals surface area contributed by atoms with E-state index in [0.29, 0.717) is 12.8 Å². The Labute approximate surface area is 332 Å². The van der Waals surface area contributed by atoms with Crippen molar-refractivity contribution in [1.82, 2.24) is 0 Å². The average molecular weight is 777 g/mol. The minimum Gasteiger partial charge on any atom is -0.462 e. The highest BCUT2D eigenvalue weighted by atomic mass is 16.7. The van der Waals surface area contributed by atoms with Crippen LogP contribution in [0.5, 0.6) is 0 Å². The lowest BCUT2D eigenvalue weighted by Crippen LogP contribution is -2.59. The summed E-state index contributed by atoms with van der Waals surface area (Å²) in [7, 11) is 0. The van der Waals surface area contributed by atoms with Crippen molar-refractivity contribution in [2.45, 2.75) is 192 Å². The number of carbonyl (C=O) groups excluding carboxylic acids is 2. The first kappa shape index (κ1) is 50.4. The first-order valence-corrected chi connectivity index (χ1v) is 21.4. The zero-order chi connectivity index (χ0) is 40.2. The van der Waals surface area contributed by atoms with Crippen molar-refractivity contribution >= 4 is 11.9 Å². The number of ether oxygens (including phenoxy) is 4. The summed E-state index contributed by atoms with van der Waals surface area (Å²) in [6.07, 6.45) is 35.1. The van der Waals surface area contributed by atoms with Crippen molar-refractivity contribution in [3.8, 4) is 0 Å². The highest BCUT2D eigenvalue weighted by Crippen LogP contribution is 2.22. The van der Waals surface area contributed by atoms with Crippen molar-refractivity contribution in [2.24, 2.45) is 0 Å². The van der Waals surface area contributed by atoms with E-state index in [-0.39, 0.29) is 26.1 Å². The smallest absolute Gasteiger partial charge is 0.306 e. The zero-order valence-corrected chi connectivity index (χ0v) is 34.2. The topological polar surface area (TPSA) is 152 Å². The van der Waals surface area contributed by atoms with Crippen LogP contribution < -0.4 is 0 Å². The number of carbonyl (C=O) groups is 2. The van der Waals surface area contributed by atoms with E-state index >= 15 is 0 Å². The number of unbranched alkanes of at least 4 members (excludes halogenated alkanes) is 13. The Bertz CT molecular complexity index is 1080. The summed E-state index contributed by atoms with van der Waals surface area (Å²) < 4.78 is 22.1. The SMILES string of the molecule is CC/C=C/C/C=C/C/C=C/CCCCCCCC(=O)O[C@@H](COC(=O)CCCCCCC/C=C/C/C=C/CCCCC)CO[C@H]1O[C@@H](CO)[C@@H](O)C(O)C1O. The molecule has 1 heterocycles. The molecule has 10 heteroatoms. The Morgan fingerprint density at radius 1 is 0.582 bits per heavy atom. The Morgan fingerprint density at radius 2 is 1.07 bits per heavy atom. The van der Waals surface area contributed by atoms with E-state index in [9.17, 15) is 30.0 Å². The molecule has 0 bridgehead atoms. The maximum absolute atomic E-state index is 12.7. The van der Waals surface area contributed by atoms with E-state index in [2.05, 4.69) is 74.6 Å². The van der Waals surface area contributed by atoms with Crippen LogP contribution in [0.1, 0.15) is 155 Å². The molecule has 0 spiro atoms. The Morgan fingerprint density at radius 3 is 1.62 bits per heavy atom. The molecular weight excluding hydrogens is 700 g/mol. The van der Waals surface area contributed by atoms with Crippen molar-refractivity contribution < 1.29 is 49.0 Å². The Balaban J connectivity index is 2.38. The van der Waals surface area contributed by atoms with E-state index in [1.807, 2.05) is 0 Å². The van der Waals surface area contributed by atoms with E-state index in [4.69, 9.17) is 18.9 Å². The molecule has 4 N–H and O–H groups in total. The van der Waals surface area contributed by atoms with E-state index in [1.165, 1.54) is 25.7 Å². The third-order valence-corrected chi connectivity index (χ3v) is 9.39. The summed E-state index contributed by atoms with van der Waals surface area (Å²) in [6.45, 7) is 3.23. The molecule has 0 aromatic carbocycles. The van der Waals surface area contributed by atoms with Gasteiger partial charge in [0.25, 0.3) is 0 Å². The lowest BCUT2D eigenvalue weighted by Gasteiger charge is -2.39. The second kappa shape index (κ2) is 35.8. The van der Waals surface area contributed by atoms with Gasteiger partial charge in [-0.1, -0.05) is 126 Å². The molecule has 1 aliphatic rings. The highest BCUT2D eigenvalue weighted by molar-refractivity contribution is 5.70. The van der Waals surface area contributed by atoms with Crippen LogP contribution in [-0.2, 0) is 28.5 Å². The van der Waals surface area contributed by atoms with Gasteiger partial charge in [-0.05, 0) is 77.0 Å². The lowest BCUT2D eigenvalue weighted by atomic mass is 9.99. The van der Waals surface area contributed by atoms with Crippen LogP contribution in [0.25, 0.3) is 0 Å². The van der Waals surface area contributed by atoms with Gasteiger partial charge in [-0.15, -0.1) is 0 Å². The largest absolute Gasteiger partial charge is 0.462 e. The number of hydrogen-bond acceptors (Lipinski definition) is 10. The van der Waals surface area contributed by atoms with Crippen LogP contribution in [-0.4, -0.2) is 89.0 Å². The molecule has 1 saturated heterocycles. The van der Waals surface area contributed by atoms with Gasteiger partial charge in [0.15, 0.2) is 12.4 Å². The Hall–Kier alpha value is -2.60. The van der Waals surface area contributed by atoms with Crippen LogP contribution in [0, 0.1) is 0 Å². The van der Waals surface area contributed by atoms with E-state index < -0.39 is 55.4 Å². The summed E-state index contributed by atoms with van der Waals surface area (Å²) in [4.78, 5) is 25.3. The lowest BCUT2D eigenvalue weighted by molar-refractivity contribution is -0.305. The fraction of sp³-hybridized carbons (Fsp3) is 0.733. The first-order valence-electron chi connectivity index (χ1n) is 21.4. The molecule has 0 amide bonds. The fourth-order valence-corrected chi connectivity index (χ4v) is 6.00. The maximum Gasteiger partial charge on any atom is 0.306 e. The summed E-state index contributed by atoms with van der Waals surface area (Å²) >= 11 is 0. The zero-order valence-electron chi connectivity index (χ0n) is 34.2. The average Bonchev–Trinajstić information content (AvgIpc) is 3.18. The van der Waals surface area contributed by atoms with Crippen LogP contribution >= 0.6 is 0 Å². The highest BCUT2D eigenvalue weighted by Gasteiger charge is 2.44. The van der Waals surface area contributed by atoms with Gasteiger partial charge in [0.1, 0.15) is 31.0 Å². The molecule has 0 aromatic rings. The minimum absolute atomic E-state index is 0.205. The first-order chi connectivity index (χ1) is 26.8. The molecule has 1 rings (SSSR count).